The largest absolute Gasteiger partial charge is 0.495 e. The summed E-state index contributed by atoms with van der Waals surface area (Å²) in [6.07, 6.45) is 1.16. The number of carbonyl (C=O) groups excluding carboxylic acids is 1. The summed E-state index contributed by atoms with van der Waals surface area (Å²) in [6.45, 7) is 7.91. The molecule has 33 heavy (non-hydrogen) atoms. The Morgan fingerprint density at radius 2 is 1.82 bits per heavy atom. The molecule has 178 valence electrons. The van der Waals surface area contributed by atoms with Gasteiger partial charge in [0.15, 0.2) is 0 Å². The van der Waals surface area contributed by atoms with Crippen LogP contribution in [0.1, 0.15) is 35.6 Å². The molecule has 0 aromatic heterocycles. The van der Waals surface area contributed by atoms with Gasteiger partial charge in [-0.25, -0.2) is 0 Å². The van der Waals surface area contributed by atoms with Gasteiger partial charge in [0.05, 0.1) is 18.7 Å². The SMILES string of the molecule is COCCOc1ccc([C@H]2CC(=O)CC3CN(c4ccc(Cl)c(OC)c4)CCN32)c(C)c1C. The molecule has 6 nitrogen and oxygen atoms in total. The molecule has 7 heteroatoms. The molecule has 2 atom stereocenters. The molecule has 2 aliphatic heterocycles. The number of nitrogens with zero attached hydrogens (tertiary/aromatic N) is 2. The van der Waals surface area contributed by atoms with Gasteiger partial charge in [0, 0.05) is 63.4 Å². The van der Waals surface area contributed by atoms with Gasteiger partial charge in [0.25, 0.3) is 0 Å². The van der Waals surface area contributed by atoms with Crippen molar-refractivity contribution in [3.63, 3.8) is 0 Å². The van der Waals surface area contributed by atoms with Crippen molar-refractivity contribution in [2.45, 2.75) is 38.8 Å². The third-order valence-corrected chi connectivity index (χ3v) is 7.31. The fourth-order valence-corrected chi connectivity index (χ4v) is 5.27. The third-order valence-electron chi connectivity index (χ3n) is 7.00. The fourth-order valence-electron chi connectivity index (χ4n) is 5.08. The maximum absolute atomic E-state index is 12.8. The molecule has 0 aliphatic carbocycles. The quantitative estimate of drug-likeness (QED) is 0.549. The van der Waals surface area contributed by atoms with Gasteiger partial charge in [-0.1, -0.05) is 17.7 Å². The third kappa shape index (κ3) is 4.98. The zero-order chi connectivity index (χ0) is 23.5. The van der Waals surface area contributed by atoms with E-state index in [1.54, 1.807) is 14.2 Å². The molecule has 0 bridgehead atoms. The molecule has 0 saturated carbocycles. The lowest BCUT2D eigenvalue weighted by Crippen LogP contribution is -2.57. The Labute approximate surface area is 201 Å². The van der Waals surface area contributed by atoms with Crippen molar-refractivity contribution in [1.29, 1.82) is 0 Å². The van der Waals surface area contributed by atoms with Crippen LogP contribution in [0, 0.1) is 13.8 Å². The number of hydrogen-bond donors (Lipinski definition) is 0. The number of benzene rings is 2. The number of piperidine rings is 1. The van der Waals surface area contributed by atoms with E-state index in [1.807, 2.05) is 24.3 Å². The predicted octanol–water partition coefficient (Wildman–Crippen LogP) is 4.59. The van der Waals surface area contributed by atoms with Gasteiger partial charge < -0.3 is 19.1 Å². The zero-order valence-corrected chi connectivity index (χ0v) is 20.7. The lowest BCUT2D eigenvalue weighted by Gasteiger charge is -2.49. The highest BCUT2D eigenvalue weighted by Gasteiger charge is 2.39. The summed E-state index contributed by atoms with van der Waals surface area (Å²) in [6, 6.07) is 10.3. The number of methoxy groups -OCH3 is 2. The number of halogens is 1. The molecule has 2 aliphatic rings. The first-order valence-corrected chi connectivity index (χ1v) is 11.9. The summed E-state index contributed by atoms with van der Waals surface area (Å²) in [5.41, 5.74) is 4.64. The monoisotopic (exact) mass is 472 g/mol. The van der Waals surface area contributed by atoms with E-state index in [0.717, 1.165) is 36.6 Å². The Bertz CT molecular complexity index is 1010. The number of hydrogen-bond acceptors (Lipinski definition) is 6. The van der Waals surface area contributed by atoms with Crippen LogP contribution in [-0.2, 0) is 9.53 Å². The van der Waals surface area contributed by atoms with E-state index in [2.05, 4.69) is 29.7 Å². The lowest BCUT2D eigenvalue weighted by molar-refractivity contribution is -0.125. The Hall–Kier alpha value is -2.28. The summed E-state index contributed by atoms with van der Waals surface area (Å²) in [7, 11) is 3.30. The van der Waals surface area contributed by atoms with E-state index >= 15 is 0 Å². The Morgan fingerprint density at radius 1 is 1.00 bits per heavy atom. The highest BCUT2D eigenvalue weighted by molar-refractivity contribution is 6.32. The van der Waals surface area contributed by atoms with Gasteiger partial charge in [-0.15, -0.1) is 0 Å². The fraction of sp³-hybridized carbons (Fsp3) is 0.500. The Kier molecular flexibility index (Phi) is 7.47. The normalized spacial score (nSPS) is 21.1. The summed E-state index contributed by atoms with van der Waals surface area (Å²) < 4.78 is 16.4. The van der Waals surface area contributed by atoms with Crippen LogP contribution in [0.5, 0.6) is 11.5 Å². The first kappa shape index (κ1) is 23.9. The molecule has 4 rings (SSSR count). The number of Topliss-reactive ketones (excluding diaryl/α,β-unsaturated/α-hetero) is 1. The minimum Gasteiger partial charge on any atom is -0.495 e. The Morgan fingerprint density at radius 3 is 2.58 bits per heavy atom. The molecule has 0 spiro atoms. The van der Waals surface area contributed by atoms with Crippen LogP contribution in [0.25, 0.3) is 0 Å². The summed E-state index contributed by atoms with van der Waals surface area (Å²) in [5, 5.41) is 0.605. The highest BCUT2D eigenvalue weighted by atomic mass is 35.5. The average molecular weight is 473 g/mol. The van der Waals surface area contributed by atoms with Crippen molar-refractivity contribution in [3.05, 3.63) is 52.0 Å². The van der Waals surface area contributed by atoms with Gasteiger partial charge in [0.2, 0.25) is 0 Å². The summed E-state index contributed by atoms with van der Waals surface area (Å²) in [4.78, 5) is 17.7. The average Bonchev–Trinajstić information content (AvgIpc) is 2.81. The van der Waals surface area contributed by atoms with Crippen molar-refractivity contribution in [1.82, 2.24) is 4.90 Å². The van der Waals surface area contributed by atoms with Crippen LogP contribution in [0.4, 0.5) is 5.69 Å². The van der Waals surface area contributed by atoms with E-state index in [-0.39, 0.29) is 12.1 Å². The van der Waals surface area contributed by atoms with Gasteiger partial charge in [0.1, 0.15) is 23.9 Å². The molecular formula is C26H33ClN2O4. The van der Waals surface area contributed by atoms with Crippen LogP contribution in [0.2, 0.25) is 5.02 Å². The molecular weight excluding hydrogens is 440 g/mol. The maximum atomic E-state index is 12.8. The minimum atomic E-state index is 0.102. The Balaban J connectivity index is 1.54. The standard InChI is InChI=1S/C26H33ClN2O4/c1-17-18(2)25(33-12-11-31-3)8-6-22(17)24-15-21(30)13-20-16-28(9-10-29(20)24)19-5-7-23(27)26(14-19)32-4/h5-8,14,20,24H,9-13,15-16H2,1-4H3/t20?,24-/m1/s1. The highest BCUT2D eigenvalue weighted by Crippen LogP contribution is 2.39. The topological polar surface area (TPSA) is 51.2 Å². The van der Waals surface area contributed by atoms with E-state index < -0.39 is 0 Å². The second-order valence-electron chi connectivity index (χ2n) is 8.86. The number of rotatable bonds is 7. The smallest absolute Gasteiger partial charge is 0.139 e. The molecule has 2 aromatic carbocycles. The van der Waals surface area contributed by atoms with E-state index in [1.165, 1.54) is 11.1 Å². The first-order valence-electron chi connectivity index (χ1n) is 11.5. The van der Waals surface area contributed by atoms with Gasteiger partial charge in [-0.05, 0) is 48.7 Å². The van der Waals surface area contributed by atoms with Crippen molar-refractivity contribution < 1.29 is 19.0 Å². The molecule has 2 fully saturated rings. The molecule has 1 unspecified atom stereocenters. The van der Waals surface area contributed by atoms with Crippen molar-refractivity contribution in [2.24, 2.45) is 0 Å². The first-order chi connectivity index (χ1) is 15.9. The van der Waals surface area contributed by atoms with E-state index in [0.29, 0.717) is 42.6 Å². The number of ketones is 1. The second kappa shape index (κ2) is 10.3. The van der Waals surface area contributed by atoms with Crippen LogP contribution < -0.4 is 14.4 Å². The van der Waals surface area contributed by atoms with Crippen LogP contribution in [0.15, 0.2) is 30.3 Å². The van der Waals surface area contributed by atoms with Crippen molar-refractivity contribution >= 4 is 23.1 Å². The molecule has 2 saturated heterocycles. The molecule has 0 radical (unpaired) electrons. The second-order valence-corrected chi connectivity index (χ2v) is 9.27. The molecule has 0 N–H and O–H groups in total. The summed E-state index contributed by atoms with van der Waals surface area (Å²) in [5.74, 6) is 1.89. The van der Waals surface area contributed by atoms with Crippen LogP contribution in [-0.4, -0.2) is 63.8 Å². The number of piperazine rings is 1. The molecule has 2 aromatic rings. The minimum absolute atomic E-state index is 0.102. The van der Waals surface area contributed by atoms with Crippen LogP contribution in [0.3, 0.4) is 0 Å². The number of ether oxygens (including phenoxy) is 3. The van der Waals surface area contributed by atoms with Crippen molar-refractivity contribution in [2.75, 3.05) is 52.0 Å². The number of fused-ring (bicyclic) bond motifs is 1. The maximum Gasteiger partial charge on any atom is 0.139 e. The van der Waals surface area contributed by atoms with Gasteiger partial charge >= 0.3 is 0 Å². The van der Waals surface area contributed by atoms with Gasteiger partial charge in [-0.3, -0.25) is 9.69 Å². The van der Waals surface area contributed by atoms with Crippen molar-refractivity contribution in [3.8, 4) is 11.5 Å². The van der Waals surface area contributed by atoms with Crippen LogP contribution >= 0.6 is 11.6 Å². The zero-order valence-electron chi connectivity index (χ0n) is 19.9. The number of anilines is 1. The van der Waals surface area contributed by atoms with Gasteiger partial charge in [-0.2, -0.15) is 0 Å². The van der Waals surface area contributed by atoms with E-state index in [9.17, 15) is 4.79 Å². The molecule has 2 heterocycles. The number of carbonyl (C=O) groups is 1. The summed E-state index contributed by atoms with van der Waals surface area (Å²) >= 11 is 6.21. The van der Waals surface area contributed by atoms with E-state index in [4.69, 9.17) is 25.8 Å². The molecule has 0 amide bonds. The lowest BCUT2D eigenvalue weighted by atomic mass is 9.85. The predicted molar refractivity (Wildman–Crippen MR) is 131 cm³/mol.